The van der Waals surface area contributed by atoms with Crippen LogP contribution in [0.1, 0.15) is 93.8 Å². The maximum atomic E-state index is 13.2. The van der Waals surface area contributed by atoms with Crippen molar-refractivity contribution in [1.29, 1.82) is 0 Å². The van der Waals surface area contributed by atoms with E-state index in [0.29, 0.717) is 24.1 Å². The van der Waals surface area contributed by atoms with Crippen LogP contribution in [-0.4, -0.2) is 34.7 Å². The summed E-state index contributed by atoms with van der Waals surface area (Å²) < 4.78 is 8.22. The van der Waals surface area contributed by atoms with Crippen molar-refractivity contribution in [2.75, 3.05) is 13.2 Å². The lowest BCUT2D eigenvalue weighted by atomic mass is 10.0. The summed E-state index contributed by atoms with van der Waals surface area (Å²) in [6, 6.07) is 10.6. The summed E-state index contributed by atoms with van der Waals surface area (Å²) in [7, 11) is 0. The fraction of sp³-hybridized carbons (Fsp3) is 0.571. The fourth-order valence-corrected chi connectivity index (χ4v) is 5.22. The van der Waals surface area contributed by atoms with Gasteiger partial charge in [-0.1, -0.05) is 47.1 Å². The summed E-state index contributed by atoms with van der Waals surface area (Å²) in [6.45, 7) is 12.3. The van der Waals surface area contributed by atoms with Crippen molar-refractivity contribution in [2.24, 2.45) is 5.92 Å². The third-order valence-corrected chi connectivity index (χ3v) is 7.17. The van der Waals surface area contributed by atoms with Crippen LogP contribution >= 0.6 is 11.3 Å². The van der Waals surface area contributed by atoms with Gasteiger partial charge in [0.1, 0.15) is 5.82 Å². The van der Waals surface area contributed by atoms with Crippen molar-refractivity contribution in [1.82, 2.24) is 14.9 Å². The molecule has 0 saturated heterocycles. The van der Waals surface area contributed by atoms with E-state index in [1.165, 1.54) is 4.88 Å². The lowest BCUT2D eigenvalue weighted by molar-refractivity contribution is 0.0804. The molecule has 0 unspecified atom stereocenters. The Labute approximate surface area is 208 Å². The number of nitrogens with one attached hydrogen (secondary N) is 1. The second kappa shape index (κ2) is 13.1. The number of carbonyl (C=O) groups is 1. The fourth-order valence-electron chi connectivity index (χ4n) is 4.52. The van der Waals surface area contributed by atoms with Gasteiger partial charge in [0.25, 0.3) is 5.91 Å². The van der Waals surface area contributed by atoms with E-state index in [-0.39, 0.29) is 11.9 Å². The second-order valence-corrected chi connectivity index (χ2v) is 10.6. The first-order valence-corrected chi connectivity index (χ1v) is 13.8. The normalized spacial score (nSPS) is 12.7. The Kier molecular flexibility index (Phi) is 10.1. The van der Waals surface area contributed by atoms with Crippen LogP contribution in [0.5, 0.6) is 0 Å². The van der Waals surface area contributed by atoms with Crippen LogP contribution in [0, 0.1) is 5.92 Å². The number of ether oxygens (including phenoxy) is 1. The van der Waals surface area contributed by atoms with Crippen molar-refractivity contribution in [3.8, 4) is 0 Å². The zero-order valence-corrected chi connectivity index (χ0v) is 22.3. The van der Waals surface area contributed by atoms with Gasteiger partial charge in [0, 0.05) is 29.5 Å². The molecule has 1 amide bonds. The number of benzene rings is 1. The molecule has 5 nitrogen and oxygen atoms in total. The molecule has 0 aliphatic heterocycles. The highest BCUT2D eigenvalue weighted by atomic mass is 32.1. The second-order valence-electron chi connectivity index (χ2n) is 9.56. The van der Waals surface area contributed by atoms with Crippen LogP contribution < -0.4 is 5.32 Å². The van der Waals surface area contributed by atoms with E-state index in [0.717, 1.165) is 62.0 Å². The molecule has 3 aromatic rings. The number of carbonyl (C=O) groups excluding carboxylic acids is 1. The maximum Gasteiger partial charge on any atom is 0.251 e. The van der Waals surface area contributed by atoms with Gasteiger partial charge in [0.05, 0.1) is 23.7 Å². The molecular formula is C28H41N3O2S. The number of amides is 1. The highest BCUT2D eigenvalue weighted by molar-refractivity contribution is 7.09. The van der Waals surface area contributed by atoms with Gasteiger partial charge in [0.2, 0.25) is 0 Å². The number of hydrogen-bond acceptors (Lipinski definition) is 4. The predicted octanol–water partition coefficient (Wildman–Crippen LogP) is 7.01. The maximum absolute atomic E-state index is 13.2. The van der Waals surface area contributed by atoms with E-state index in [1.54, 1.807) is 11.3 Å². The Balaban J connectivity index is 1.84. The molecule has 3 rings (SSSR count). The lowest BCUT2D eigenvalue weighted by Crippen LogP contribution is -2.39. The van der Waals surface area contributed by atoms with E-state index >= 15 is 0 Å². The standard InChI is InChI=1S/C28H41N3O2S/c1-6-9-14-33-19-22(16-20(4)5)29-28(32)21-12-13-26-25(17-21)30-27(18-24-11-10-15-34-24)31(26)23(7-2)8-3/h10-13,15,17,20,22-23H,6-9,14,16,18-19H2,1-5H3,(H,29,32)/t22-/m0/s1. The van der Waals surface area contributed by atoms with Gasteiger partial charge >= 0.3 is 0 Å². The highest BCUT2D eigenvalue weighted by Crippen LogP contribution is 2.28. The molecule has 1 aromatic carbocycles. The van der Waals surface area contributed by atoms with Crippen molar-refractivity contribution >= 4 is 28.3 Å². The number of thiophene rings is 1. The van der Waals surface area contributed by atoms with Gasteiger partial charge in [-0.15, -0.1) is 11.3 Å². The zero-order chi connectivity index (χ0) is 24.5. The van der Waals surface area contributed by atoms with Crippen molar-refractivity contribution in [3.63, 3.8) is 0 Å². The minimum Gasteiger partial charge on any atom is -0.379 e. The average molecular weight is 484 g/mol. The Hall–Kier alpha value is -2.18. The molecule has 0 radical (unpaired) electrons. The monoisotopic (exact) mass is 483 g/mol. The van der Waals surface area contributed by atoms with E-state index in [1.807, 2.05) is 12.1 Å². The third kappa shape index (κ3) is 6.92. The first-order chi connectivity index (χ1) is 16.5. The molecular weight excluding hydrogens is 442 g/mol. The minimum atomic E-state index is -0.0523. The smallest absolute Gasteiger partial charge is 0.251 e. The first kappa shape index (κ1) is 26.4. The van der Waals surface area contributed by atoms with Gasteiger partial charge in [-0.3, -0.25) is 4.79 Å². The number of hydrogen-bond donors (Lipinski definition) is 1. The summed E-state index contributed by atoms with van der Waals surface area (Å²) in [6.07, 6.45) is 5.97. The Morgan fingerprint density at radius 2 is 1.97 bits per heavy atom. The Morgan fingerprint density at radius 1 is 1.18 bits per heavy atom. The number of unbranched alkanes of at least 4 members (excludes halogenated alkanes) is 1. The molecule has 0 spiro atoms. The summed E-state index contributed by atoms with van der Waals surface area (Å²) in [5, 5.41) is 5.32. The third-order valence-electron chi connectivity index (χ3n) is 6.30. The largest absolute Gasteiger partial charge is 0.379 e. The van der Waals surface area contributed by atoms with Crippen LogP contribution in [0.15, 0.2) is 35.7 Å². The van der Waals surface area contributed by atoms with Crippen LogP contribution in [0.25, 0.3) is 11.0 Å². The number of aromatic nitrogens is 2. The molecule has 0 aliphatic carbocycles. The topological polar surface area (TPSA) is 56.1 Å². The molecule has 1 N–H and O–H groups in total. The molecule has 186 valence electrons. The van der Waals surface area contributed by atoms with E-state index in [4.69, 9.17) is 9.72 Å². The zero-order valence-electron chi connectivity index (χ0n) is 21.5. The number of fused-ring (bicyclic) bond motifs is 1. The summed E-state index contributed by atoms with van der Waals surface area (Å²) in [5.41, 5.74) is 2.66. The van der Waals surface area contributed by atoms with Crippen molar-refractivity contribution < 1.29 is 9.53 Å². The Bertz CT molecular complexity index is 1020. The minimum absolute atomic E-state index is 0.0107. The summed E-state index contributed by atoms with van der Waals surface area (Å²) in [4.78, 5) is 19.5. The van der Waals surface area contributed by atoms with Gasteiger partial charge in [-0.05, 0) is 61.2 Å². The van der Waals surface area contributed by atoms with Gasteiger partial charge in [0.15, 0.2) is 0 Å². The average Bonchev–Trinajstić information content (AvgIpc) is 3.45. The van der Waals surface area contributed by atoms with Gasteiger partial charge < -0.3 is 14.6 Å². The molecule has 0 aliphatic rings. The number of imidazole rings is 1. The van der Waals surface area contributed by atoms with Crippen LogP contribution in [-0.2, 0) is 11.2 Å². The molecule has 0 bridgehead atoms. The van der Waals surface area contributed by atoms with Crippen molar-refractivity contribution in [3.05, 3.63) is 52.0 Å². The quantitative estimate of drug-likeness (QED) is 0.251. The van der Waals surface area contributed by atoms with Crippen molar-refractivity contribution in [2.45, 2.75) is 85.2 Å². The summed E-state index contributed by atoms with van der Waals surface area (Å²) in [5.74, 6) is 1.51. The first-order valence-electron chi connectivity index (χ1n) is 12.9. The highest BCUT2D eigenvalue weighted by Gasteiger charge is 2.20. The molecule has 0 saturated carbocycles. The predicted molar refractivity (Wildman–Crippen MR) is 143 cm³/mol. The number of rotatable bonds is 14. The molecule has 34 heavy (non-hydrogen) atoms. The molecule has 2 heterocycles. The van der Waals surface area contributed by atoms with Crippen LogP contribution in [0.4, 0.5) is 0 Å². The summed E-state index contributed by atoms with van der Waals surface area (Å²) >= 11 is 1.76. The molecule has 1 atom stereocenters. The lowest BCUT2D eigenvalue weighted by Gasteiger charge is -2.21. The molecule has 2 aromatic heterocycles. The number of nitrogens with zero attached hydrogens (tertiary/aromatic N) is 2. The van der Waals surface area contributed by atoms with Crippen LogP contribution in [0.3, 0.4) is 0 Å². The van der Waals surface area contributed by atoms with E-state index in [2.05, 4.69) is 68.1 Å². The van der Waals surface area contributed by atoms with Gasteiger partial charge in [-0.2, -0.15) is 0 Å². The molecule has 6 heteroatoms. The molecule has 0 fully saturated rings. The van der Waals surface area contributed by atoms with Gasteiger partial charge in [-0.25, -0.2) is 4.98 Å². The Morgan fingerprint density at radius 3 is 2.62 bits per heavy atom. The van der Waals surface area contributed by atoms with E-state index < -0.39 is 0 Å². The van der Waals surface area contributed by atoms with Crippen LogP contribution in [0.2, 0.25) is 0 Å². The SMILES string of the molecule is CCCCOC[C@H](CC(C)C)NC(=O)c1ccc2c(c1)nc(Cc1cccs1)n2C(CC)CC. The van der Waals surface area contributed by atoms with E-state index in [9.17, 15) is 4.79 Å².